The van der Waals surface area contributed by atoms with Crippen LogP contribution in [-0.2, 0) is 0 Å². The van der Waals surface area contributed by atoms with E-state index in [-0.39, 0.29) is 82.8 Å². The van der Waals surface area contributed by atoms with Gasteiger partial charge in [-0.15, -0.1) is 0 Å². The zero-order valence-corrected chi connectivity index (χ0v) is 72.6. The molecular formula is C104H108F5N15O5. The highest BCUT2D eigenvalue weighted by Gasteiger charge is 2.28. The third-order valence-corrected chi connectivity index (χ3v) is 26.0. The highest BCUT2D eigenvalue weighted by Crippen LogP contribution is 2.35. The van der Waals surface area contributed by atoms with E-state index in [2.05, 4.69) is 90.3 Å². The molecule has 20 nitrogen and oxygen atoms in total. The van der Waals surface area contributed by atoms with Crippen LogP contribution in [0.2, 0.25) is 0 Å². The zero-order chi connectivity index (χ0) is 89.3. The molecule has 15 aromatic rings. The van der Waals surface area contributed by atoms with Gasteiger partial charge in [-0.25, -0.2) is 46.9 Å². The SMILES string of the molecule is C[C@@H](NC(=O)c1c[nH]c2ncc(-c3cccc(F)c3)cc12)C1CCCCC1.C[C@H](NC(=O)c1c[nH]c2ncc(-c3cccc(F)c3)cc12)C1CCCCC1.O=C(NC1CCCC1)c1c[nH]c2ncc(-c3cccc(F)c3)cc12.O=C(NC1CCCCC1)c1c[nH]c2ncc(-c3cccc(F)c3)cc12.O=C(NCC1CCCCC1)c1c[nH]c2ncc(-c3cccc(F)c3)cc12. The number of aromatic nitrogens is 10. The minimum atomic E-state index is -0.291. The first kappa shape index (κ1) is 89.0. The molecule has 0 saturated heterocycles. The predicted octanol–water partition coefficient (Wildman–Crippen LogP) is 23.3. The molecule has 5 aromatic carbocycles. The number of amides is 5. The van der Waals surface area contributed by atoms with Gasteiger partial charge in [-0.1, -0.05) is 151 Å². The summed E-state index contributed by atoms with van der Waals surface area (Å²) in [5.74, 6) is -0.175. The van der Waals surface area contributed by atoms with Gasteiger partial charge < -0.3 is 51.5 Å². The summed E-state index contributed by atoms with van der Waals surface area (Å²) in [5, 5.41) is 19.4. The Hall–Kier alpha value is -13.5. The molecule has 0 unspecified atom stereocenters. The molecule has 10 heterocycles. The van der Waals surface area contributed by atoms with Gasteiger partial charge in [0.2, 0.25) is 0 Å². The number of hydrogen-bond acceptors (Lipinski definition) is 10. The maximum Gasteiger partial charge on any atom is 0.253 e. The first-order chi connectivity index (χ1) is 62.8. The number of rotatable bonds is 18. The number of nitrogens with zero attached hydrogens (tertiary/aromatic N) is 5. The molecule has 0 radical (unpaired) electrons. The highest BCUT2D eigenvalue weighted by atomic mass is 19.1. The van der Waals surface area contributed by atoms with E-state index in [0.717, 1.165) is 115 Å². The van der Waals surface area contributed by atoms with Gasteiger partial charge in [-0.05, 0) is 215 Å². The molecule has 5 aliphatic rings. The van der Waals surface area contributed by atoms with E-state index in [1.54, 1.807) is 92.3 Å². The number of carbonyl (C=O) groups excluding carboxylic acids is 5. The van der Waals surface area contributed by atoms with Crippen LogP contribution in [0.1, 0.15) is 220 Å². The normalized spacial score (nSPS) is 15.7. The molecule has 10 aromatic heterocycles. The van der Waals surface area contributed by atoms with Crippen molar-refractivity contribution in [1.29, 1.82) is 0 Å². The molecule has 0 bridgehead atoms. The van der Waals surface area contributed by atoms with Crippen molar-refractivity contribution in [1.82, 2.24) is 76.4 Å². The van der Waals surface area contributed by atoms with Gasteiger partial charge in [0.15, 0.2) is 0 Å². The molecule has 664 valence electrons. The van der Waals surface area contributed by atoms with Gasteiger partial charge in [0.25, 0.3) is 29.5 Å². The van der Waals surface area contributed by atoms with Crippen LogP contribution in [0.15, 0.2) is 214 Å². The van der Waals surface area contributed by atoms with E-state index >= 15 is 0 Å². The van der Waals surface area contributed by atoms with Crippen LogP contribution >= 0.6 is 0 Å². The Balaban J connectivity index is 0.000000118. The quantitative estimate of drug-likeness (QED) is 0.0362. The fourth-order valence-electron chi connectivity index (χ4n) is 18.7. The molecular weight excluding hydrogens is 1630 g/mol. The van der Waals surface area contributed by atoms with Gasteiger partial charge in [0.1, 0.15) is 57.3 Å². The van der Waals surface area contributed by atoms with E-state index < -0.39 is 0 Å². The summed E-state index contributed by atoms with van der Waals surface area (Å²) in [4.78, 5) is 101. The van der Waals surface area contributed by atoms with E-state index in [1.165, 1.54) is 189 Å². The lowest BCUT2D eigenvalue weighted by Crippen LogP contribution is -2.38. The van der Waals surface area contributed by atoms with Crippen LogP contribution in [0.25, 0.3) is 111 Å². The summed E-state index contributed by atoms with van der Waals surface area (Å²) >= 11 is 0. The summed E-state index contributed by atoms with van der Waals surface area (Å²) in [7, 11) is 0. The Morgan fingerprint density at radius 2 is 0.543 bits per heavy atom. The van der Waals surface area contributed by atoms with Crippen molar-refractivity contribution in [2.45, 2.75) is 192 Å². The fourth-order valence-corrected chi connectivity index (χ4v) is 18.7. The van der Waals surface area contributed by atoms with Crippen molar-refractivity contribution in [2.75, 3.05) is 6.54 Å². The second-order valence-electron chi connectivity index (χ2n) is 35.0. The van der Waals surface area contributed by atoms with Crippen LogP contribution in [0.3, 0.4) is 0 Å². The Morgan fingerprint density at radius 1 is 0.302 bits per heavy atom. The molecule has 10 N–H and O–H groups in total. The number of carbonyl (C=O) groups is 5. The molecule has 2 atom stereocenters. The third kappa shape index (κ3) is 22.4. The second-order valence-corrected chi connectivity index (χ2v) is 35.0. The van der Waals surface area contributed by atoms with Crippen LogP contribution in [-0.4, -0.2) is 110 Å². The lowest BCUT2D eigenvalue weighted by Gasteiger charge is -2.28. The van der Waals surface area contributed by atoms with Crippen molar-refractivity contribution < 1.29 is 45.9 Å². The summed E-state index contributed by atoms with van der Waals surface area (Å²) < 4.78 is 67.5. The maximum absolute atomic E-state index is 13.5. The highest BCUT2D eigenvalue weighted by molar-refractivity contribution is 6.10. The molecule has 0 aliphatic heterocycles. The van der Waals surface area contributed by atoms with E-state index in [4.69, 9.17) is 0 Å². The van der Waals surface area contributed by atoms with Crippen molar-refractivity contribution >= 4 is 84.7 Å². The molecule has 5 saturated carbocycles. The van der Waals surface area contributed by atoms with E-state index in [9.17, 15) is 45.9 Å². The molecule has 25 heteroatoms. The molecule has 0 spiro atoms. The molecule has 20 rings (SSSR count). The van der Waals surface area contributed by atoms with Gasteiger partial charge in [-0.3, -0.25) is 24.0 Å². The van der Waals surface area contributed by atoms with Crippen LogP contribution in [0.5, 0.6) is 0 Å². The van der Waals surface area contributed by atoms with Crippen LogP contribution < -0.4 is 26.6 Å². The Kier molecular flexibility index (Phi) is 29.0. The van der Waals surface area contributed by atoms with E-state index in [1.807, 2.05) is 60.7 Å². The van der Waals surface area contributed by atoms with Crippen molar-refractivity contribution in [3.63, 3.8) is 0 Å². The number of nitrogens with one attached hydrogen (secondary N) is 10. The number of halogens is 5. The summed E-state index contributed by atoms with van der Waals surface area (Å²) in [6.07, 6.45) is 45.6. The number of benzene rings is 5. The number of H-pyrrole nitrogens is 5. The monoisotopic (exact) mass is 1740 g/mol. The predicted molar refractivity (Wildman–Crippen MR) is 497 cm³/mol. The van der Waals surface area contributed by atoms with Gasteiger partial charge in [0.05, 0.1) is 27.8 Å². The minimum absolute atomic E-state index is 0.0728. The second kappa shape index (κ2) is 42.0. The standard InChI is InChI=1S/2C22H24FN3O.C21H22FN3O.C20H20FN3O.C19H18FN3O/c2*1-14(15-6-3-2-4-7-15)26-22(27)20-13-25-21-19(20)11-17(12-24-21)16-8-5-9-18(23)10-16;22-17-8-4-7-15(9-17)16-10-18-19(13-24-20(18)23-12-16)21(26)25-11-14-5-2-1-3-6-14;21-15-6-4-5-13(9-15)14-10-17-18(12-23-19(17)22-11-14)20(25)24-16-7-2-1-3-8-16;20-14-5-3-4-12(8-14)13-9-16-17(11-22-18(16)21-10-13)19(24)23-15-6-1-2-7-15/h2*5,8-15H,2-4,6-7H2,1H3,(H,24,25)(H,26,27);4,7-10,12-14H,1-3,5-6,11H2,(H,23,24)(H,25,26);4-6,9-12,16H,1-3,7-8H2,(H,22,23)(H,24,25);3-5,8-11,15H,1-2,6-7H2,(H,21,22)(H,23,24)/t2*14-;;;/m10.../s1. The Bertz CT molecular complexity index is 6280. The Morgan fingerprint density at radius 3 is 0.814 bits per heavy atom. The smallest absolute Gasteiger partial charge is 0.253 e. The maximum atomic E-state index is 13.5. The van der Waals surface area contributed by atoms with Gasteiger partial charge in [0, 0.05) is 147 Å². The van der Waals surface area contributed by atoms with Gasteiger partial charge in [-0.2, -0.15) is 0 Å². The Labute approximate surface area is 745 Å². The van der Waals surface area contributed by atoms with E-state index in [0.29, 0.717) is 73.8 Å². The van der Waals surface area contributed by atoms with Crippen molar-refractivity contribution in [2.24, 2.45) is 17.8 Å². The first-order valence-electron chi connectivity index (χ1n) is 45.5. The van der Waals surface area contributed by atoms with Crippen LogP contribution in [0.4, 0.5) is 22.0 Å². The number of fused-ring (bicyclic) bond motifs is 5. The topological polar surface area (TPSA) is 289 Å². The average Bonchev–Trinajstić information content (AvgIpc) is 1.73. The van der Waals surface area contributed by atoms with Crippen LogP contribution in [0, 0.1) is 46.8 Å². The molecule has 5 amide bonds. The number of pyridine rings is 5. The summed E-state index contributed by atoms with van der Waals surface area (Å²) in [6.45, 7) is 4.92. The third-order valence-electron chi connectivity index (χ3n) is 26.0. The molecule has 129 heavy (non-hydrogen) atoms. The van der Waals surface area contributed by atoms with Crippen molar-refractivity contribution in [3.8, 4) is 55.6 Å². The summed E-state index contributed by atoms with van der Waals surface area (Å²) in [6, 6.07) is 42.2. The summed E-state index contributed by atoms with van der Waals surface area (Å²) in [5.41, 5.74) is 13.9. The van der Waals surface area contributed by atoms with Crippen molar-refractivity contribution in [3.05, 3.63) is 271 Å². The number of hydrogen-bond donors (Lipinski definition) is 10. The number of aromatic amines is 5. The minimum Gasteiger partial charge on any atom is -0.352 e. The molecule has 5 fully saturated rings. The lowest BCUT2D eigenvalue weighted by molar-refractivity contribution is 0.0912. The first-order valence-corrected chi connectivity index (χ1v) is 45.5. The largest absolute Gasteiger partial charge is 0.352 e. The van der Waals surface area contributed by atoms with Gasteiger partial charge >= 0.3 is 0 Å². The lowest BCUT2D eigenvalue weighted by atomic mass is 9.84. The fraction of sp³-hybridized carbons (Fsp3) is 0.327. The zero-order valence-electron chi connectivity index (χ0n) is 72.6. The average molecular weight is 1740 g/mol. The molecule has 5 aliphatic carbocycles.